The Morgan fingerprint density at radius 3 is 2.45 bits per heavy atom. The van der Waals surface area contributed by atoms with Gasteiger partial charge in [0, 0.05) is 13.6 Å². The molecule has 5 nitrogen and oxygen atoms in total. The average Bonchev–Trinajstić information content (AvgIpc) is 2.48. The first-order valence-electron chi connectivity index (χ1n) is 6.73. The smallest absolute Gasteiger partial charge is 0.243 e. The lowest BCUT2D eigenvalue weighted by atomic mass is 10.2. The zero-order valence-corrected chi connectivity index (χ0v) is 12.6. The Hall–Kier alpha value is -2.25. The molecule has 0 aliphatic carbocycles. The molecule has 0 atom stereocenters. The summed E-state index contributed by atoms with van der Waals surface area (Å²) in [5, 5.41) is 7.87. The number of guanidine groups is 1. The van der Waals surface area contributed by atoms with E-state index >= 15 is 0 Å². The van der Waals surface area contributed by atoms with E-state index in [-0.39, 0.29) is 6.54 Å². The SMILES string of the molecule is CN=C(NCC(=O)Nc1ccc(F)c(F)c1F)NCC(C)C. The van der Waals surface area contributed by atoms with Crippen LogP contribution in [0, 0.1) is 23.4 Å². The standard InChI is InChI=1S/C14H19F3N4O/c1-8(2)6-19-14(18-3)20-7-11(22)21-10-5-4-9(15)12(16)13(10)17/h4-5,8H,6-7H2,1-3H3,(H,21,22)(H2,18,19,20). The molecule has 8 heteroatoms. The third-order valence-corrected chi connectivity index (χ3v) is 2.63. The number of amides is 1. The third-order valence-electron chi connectivity index (χ3n) is 2.63. The number of hydrogen-bond donors (Lipinski definition) is 3. The fourth-order valence-corrected chi connectivity index (χ4v) is 1.50. The molecule has 0 saturated carbocycles. The summed E-state index contributed by atoms with van der Waals surface area (Å²) in [4.78, 5) is 15.6. The van der Waals surface area contributed by atoms with E-state index in [4.69, 9.17) is 0 Å². The summed E-state index contributed by atoms with van der Waals surface area (Å²) in [5.41, 5.74) is -0.421. The Labute approximate surface area is 127 Å². The second-order valence-corrected chi connectivity index (χ2v) is 4.97. The number of rotatable bonds is 5. The van der Waals surface area contributed by atoms with Gasteiger partial charge in [0.1, 0.15) is 0 Å². The van der Waals surface area contributed by atoms with Crippen LogP contribution in [0.1, 0.15) is 13.8 Å². The molecule has 1 aromatic rings. The minimum Gasteiger partial charge on any atom is -0.356 e. The predicted molar refractivity (Wildman–Crippen MR) is 79.1 cm³/mol. The Kier molecular flexibility index (Phi) is 6.68. The van der Waals surface area contributed by atoms with Gasteiger partial charge >= 0.3 is 0 Å². The molecular formula is C14H19F3N4O. The summed E-state index contributed by atoms with van der Waals surface area (Å²) < 4.78 is 39.2. The maximum absolute atomic E-state index is 13.4. The van der Waals surface area contributed by atoms with Crippen LogP contribution in [-0.4, -0.2) is 32.0 Å². The van der Waals surface area contributed by atoms with E-state index in [1.807, 2.05) is 13.8 Å². The first-order chi connectivity index (χ1) is 10.3. The number of carbonyl (C=O) groups excluding carboxylic acids is 1. The van der Waals surface area contributed by atoms with Gasteiger partial charge in [-0.2, -0.15) is 0 Å². The van der Waals surface area contributed by atoms with Crippen LogP contribution in [0.4, 0.5) is 18.9 Å². The first kappa shape index (κ1) is 17.8. The third kappa shape index (κ3) is 5.27. The van der Waals surface area contributed by atoms with Crippen molar-refractivity contribution >= 4 is 17.6 Å². The second kappa shape index (κ2) is 8.26. The molecule has 0 aromatic heterocycles. The fraction of sp³-hybridized carbons (Fsp3) is 0.429. The second-order valence-electron chi connectivity index (χ2n) is 4.97. The van der Waals surface area contributed by atoms with Crippen LogP contribution < -0.4 is 16.0 Å². The van der Waals surface area contributed by atoms with Crippen molar-refractivity contribution in [2.24, 2.45) is 10.9 Å². The average molecular weight is 316 g/mol. The molecular weight excluding hydrogens is 297 g/mol. The van der Waals surface area contributed by atoms with Crippen molar-refractivity contribution in [2.45, 2.75) is 13.8 Å². The van der Waals surface area contributed by atoms with E-state index in [2.05, 4.69) is 20.9 Å². The van der Waals surface area contributed by atoms with Gasteiger partial charge in [-0.25, -0.2) is 13.2 Å². The summed E-state index contributed by atoms with van der Waals surface area (Å²) in [6.07, 6.45) is 0. The maximum atomic E-state index is 13.4. The number of nitrogens with zero attached hydrogens (tertiary/aromatic N) is 1. The monoisotopic (exact) mass is 316 g/mol. The molecule has 0 fully saturated rings. The highest BCUT2D eigenvalue weighted by Crippen LogP contribution is 2.19. The molecule has 3 N–H and O–H groups in total. The molecule has 1 aromatic carbocycles. The van der Waals surface area contributed by atoms with Crippen LogP contribution in [0.15, 0.2) is 17.1 Å². The van der Waals surface area contributed by atoms with Crippen molar-refractivity contribution in [1.82, 2.24) is 10.6 Å². The number of benzene rings is 1. The number of nitrogens with one attached hydrogen (secondary N) is 3. The quantitative estimate of drug-likeness (QED) is 0.441. The molecule has 0 spiro atoms. The molecule has 0 saturated heterocycles. The lowest BCUT2D eigenvalue weighted by molar-refractivity contribution is -0.115. The molecule has 0 heterocycles. The van der Waals surface area contributed by atoms with Crippen LogP contribution in [0.2, 0.25) is 0 Å². The minimum atomic E-state index is -1.62. The van der Waals surface area contributed by atoms with E-state index in [0.717, 1.165) is 12.1 Å². The Morgan fingerprint density at radius 2 is 1.86 bits per heavy atom. The van der Waals surface area contributed by atoms with Gasteiger partial charge in [-0.3, -0.25) is 9.79 Å². The van der Waals surface area contributed by atoms with Crippen molar-refractivity contribution in [3.05, 3.63) is 29.6 Å². The van der Waals surface area contributed by atoms with Gasteiger partial charge in [0.05, 0.1) is 12.2 Å². The lowest BCUT2D eigenvalue weighted by Crippen LogP contribution is -2.42. The highest BCUT2D eigenvalue weighted by molar-refractivity contribution is 5.95. The van der Waals surface area contributed by atoms with Gasteiger partial charge in [0.15, 0.2) is 23.4 Å². The van der Waals surface area contributed by atoms with Crippen molar-refractivity contribution in [2.75, 3.05) is 25.5 Å². The van der Waals surface area contributed by atoms with Gasteiger partial charge in [-0.15, -0.1) is 0 Å². The van der Waals surface area contributed by atoms with Crippen LogP contribution in [0.25, 0.3) is 0 Å². The molecule has 122 valence electrons. The van der Waals surface area contributed by atoms with Crippen LogP contribution in [-0.2, 0) is 4.79 Å². The normalized spacial score (nSPS) is 11.5. The van der Waals surface area contributed by atoms with Crippen molar-refractivity contribution in [3.8, 4) is 0 Å². The molecule has 0 aliphatic heterocycles. The minimum absolute atomic E-state index is 0.198. The Morgan fingerprint density at radius 1 is 1.18 bits per heavy atom. The first-order valence-corrected chi connectivity index (χ1v) is 6.73. The largest absolute Gasteiger partial charge is 0.356 e. The number of aliphatic imine (C=N–C) groups is 1. The molecule has 1 amide bonds. The zero-order chi connectivity index (χ0) is 16.7. The highest BCUT2D eigenvalue weighted by atomic mass is 19.2. The van der Waals surface area contributed by atoms with E-state index < -0.39 is 29.0 Å². The fourth-order valence-electron chi connectivity index (χ4n) is 1.50. The topological polar surface area (TPSA) is 65.5 Å². The molecule has 0 bridgehead atoms. The molecule has 0 aliphatic rings. The number of hydrogen-bond acceptors (Lipinski definition) is 2. The van der Waals surface area contributed by atoms with Crippen LogP contribution in [0.3, 0.4) is 0 Å². The van der Waals surface area contributed by atoms with Crippen molar-refractivity contribution in [3.63, 3.8) is 0 Å². The summed E-state index contributed by atoms with van der Waals surface area (Å²) in [5.74, 6) is -4.18. The van der Waals surface area contributed by atoms with Gasteiger partial charge < -0.3 is 16.0 Å². The van der Waals surface area contributed by atoms with Crippen LogP contribution in [0.5, 0.6) is 0 Å². The number of anilines is 1. The van der Waals surface area contributed by atoms with Gasteiger partial charge in [0.25, 0.3) is 0 Å². The number of carbonyl (C=O) groups is 1. The molecule has 1 rings (SSSR count). The highest BCUT2D eigenvalue weighted by Gasteiger charge is 2.15. The molecule has 0 unspecified atom stereocenters. The van der Waals surface area contributed by atoms with Gasteiger partial charge in [-0.05, 0) is 18.1 Å². The van der Waals surface area contributed by atoms with Gasteiger partial charge in [0.2, 0.25) is 5.91 Å². The van der Waals surface area contributed by atoms with E-state index in [0.29, 0.717) is 18.4 Å². The molecule has 22 heavy (non-hydrogen) atoms. The van der Waals surface area contributed by atoms with E-state index in [1.165, 1.54) is 0 Å². The summed E-state index contributed by atoms with van der Waals surface area (Å²) in [6, 6.07) is 1.70. The summed E-state index contributed by atoms with van der Waals surface area (Å²) >= 11 is 0. The molecule has 0 radical (unpaired) electrons. The number of halogens is 3. The van der Waals surface area contributed by atoms with E-state index in [1.54, 1.807) is 7.05 Å². The lowest BCUT2D eigenvalue weighted by Gasteiger charge is -2.13. The van der Waals surface area contributed by atoms with Crippen LogP contribution >= 0.6 is 0 Å². The van der Waals surface area contributed by atoms with Gasteiger partial charge in [-0.1, -0.05) is 13.8 Å². The Bertz CT molecular complexity index is 561. The van der Waals surface area contributed by atoms with E-state index in [9.17, 15) is 18.0 Å². The van der Waals surface area contributed by atoms with Crippen molar-refractivity contribution < 1.29 is 18.0 Å². The van der Waals surface area contributed by atoms with Crippen molar-refractivity contribution in [1.29, 1.82) is 0 Å². The maximum Gasteiger partial charge on any atom is 0.243 e. The zero-order valence-electron chi connectivity index (χ0n) is 12.6. The Balaban J connectivity index is 2.55. The summed E-state index contributed by atoms with van der Waals surface area (Å²) in [6.45, 7) is 4.49. The predicted octanol–water partition coefficient (Wildman–Crippen LogP) is 1.86. The summed E-state index contributed by atoms with van der Waals surface area (Å²) in [7, 11) is 1.54.